The Morgan fingerprint density at radius 1 is 1.18 bits per heavy atom. The number of nitrogens with two attached hydrogens (primary N) is 1. The van der Waals surface area contributed by atoms with Crippen LogP contribution in [0.2, 0.25) is 10.0 Å². The number of nitrogens with one attached hydrogen (secondary N) is 2. The summed E-state index contributed by atoms with van der Waals surface area (Å²) < 4.78 is 39.2. The first-order chi connectivity index (χ1) is 15.5. The number of anilines is 2. The highest BCUT2D eigenvalue weighted by Gasteiger charge is 2.49. The SMILES string of the molecule is Nc1ncnc(C(=O)NC2(c3ncc(C(=P)Nc4cc(C(F)(F)F)c(Cl)cn4)s3)CC2)c1Cl. The molecule has 15 heteroatoms. The van der Waals surface area contributed by atoms with Crippen LogP contribution < -0.4 is 16.4 Å². The van der Waals surface area contributed by atoms with E-state index in [1.807, 2.05) is 0 Å². The first-order valence-corrected chi connectivity index (χ1v) is 11.2. The molecule has 0 atom stereocenters. The summed E-state index contributed by atoms with van der Waals surface area (Å²) in [6.45, 7) is 0. The van der Waals surface area contributed by atoms with Crippen molar-refractivity contribution < 1.29 is 18.0 Å². The Morgan fingerprint density at radius 3 is 2.58 bits per heavy atom. The molecule has 4 N–H and O–H groups in total. The van der Waals surface area contributed by atoms with Gasteiger partial charge in [-0.05, 0) is 18.9 Å². The van der Waals surface area contributed by atoms with E-state index in [2.05, 4.69) is 39.4 Å². The molecule has 3 heterocycles. The van der Waals surface area contributed by atoms with Gasteiger partial charge in [-0.2, -0.15) is 13.2 Å². The van der Waals surface area contributed by atoms with E-state index < -0.39 is 28.2 Å². The lowest BCUT2D eigenvalue weighted by Gasteiger charge is -2.15. The minimum atomic E-state index is -4.62. The fourth-order valence-electron chi connectivity index (χ4n) is 2.86. The van der Waals surface area contributed by atoms with Crippen molar-refractivity contribution in [3.05, 3.63) is 56.0 Å². The van der Waals surface area contributed by atoms with Crippen LogP contribution in [-0.2, 0) is 11.7 Å². The Kier molecular flexibility index (Phi) is 6.21. The van der Waals surface area contributed by atoms with Gasteiger partial charge in [-0.15, -0.1) is 11.3 Å². The highest BCUT2D eigenvalue weighted by Crippen LogP contribution is 2.47. The number of pyridine rings is 1. The Hall–Kier alpha value is -2.53. The van der Waals surface area contributed by atoms with Crippen LogP contribution in [0.4, 0.5) is 24.8 Å². The number of aromatic nitrogens is 4. The number of carbonyl (C=O) groups is 1. The maximum Gasteiger partial charge on any atom is 0.418 e. The first kappa shape index (κ1) is 23.6. The van der Waals surface area contributed by atoms with Gasteiger partial charge in [0, 0.05) is 12.4 Å². The number of amides is 1. The van der Waals surface area contributed by atoms with E-state index in [0.29, 0.717) is 28.1 Å². The number of carbonyl (C=O) groups excluding carboxylic acids is 1. The number of thiazole rings is 1. The average molecular weight is 534 g/mol. The van der Waals surface area contributed by atoms with Gasteiger partial charge in [-0.25, -0.2) is 19.9 Å². The fourth-order valence-corrected chi connectivity index (χ4v) is 4.62. The van der Waals surface area contributed by atoms with E-state index in [9.17, 15) is 18.0 Å². The summed E-state index contributed by atoms with van der Waals surface area (Å²) in [4.78, 5) is 29.1. The van der Waals surface area contributed by atoms with Gasteiger partial charge in [0.15, 0.2) is 5.69 Å². The zero-order chi connectivity index (χ0) is 24.0. The zero-order valence-corrected chi connectivity index (χ0v) is 19.6. The minimum Gasteiger partial charge on any atom is -0.382 e. The largest absolute Gasteiger partial charge is 0.418 e. The number of hydrogen-bond donors (Lipinski definition) is 3. The number of nitrogens with zero attached hydrogens (tertiary/aromatic N) is 4. The number of alkyl halides is 3. The van der Waals surface area contributed by atoms with E-state index in [4.69, 9.17) is 28.9 Å². The summed E-state index contributed by atoms with van der Waals surface area (Å²) in [5.41, 5.74) is 4.22. The molecule has 8 nitrogen and oxygen atoms in total. The Bertz CT molecular complexity index is 1270. The molecule has 1 saturated carbocycles. The molecule has 3 aromatic rings. The van der Waals surface area contributed by atoms with E-state index in [-0.39, 0.29) is 22.4 Å². The van der Waals surface area contributed by atoms with Gasteiger partial charge >= 0.3 is 6.18 Å². The van der Waals surface area contributed by atoms with Crippen molar-refractivity contribution in [2.75, 3.05) is 11.1 Å². The molecule has 0 radical (unpaired) electrons. The summed E-state index contributed by atoms with van der Waals surface area (Å²) >= 11 is 12.9. The van der Waals surface area contributed by atoms with Crippen molar-refractivity contribution in [2.45, 2.75) is 24.6 Å². The summed E-state index contributed by atoms with van der Waals surface area (Å²) in [6, 6.07) is 0.810. The third kappa shape index (κ3) is 4.89. The molecule has 0 spiro atoms. The average Bonchev–Trinajstić information content (AvgIpc) is 3.33. The molecule has 0 bridgehead atoms. The quantitative estimate of drug-likeness (QED) is 0.402. The van der Waals surface area contributed by atoms with Gasteiger partial charge in [0.05, 0.1) is 26.4 Å². The molecule has 1 aliphatic carbocycles. The highest BCUT2D eigenvalue weighted by atomic mass is 35.5. The Balaban J connectivity index is 1.49. The van der Waals surface area contributed by atoms with Crippen molar-refractivity contribution in [3.8, 4) is 0 Å². The van der Waals surface area contributed by atoms with Gasteiger partial charge < -0.3 is 16.4 Å². The molecule has 4 rings (SSSR count). The monoisotopic (exact) mass is 533 g/mol. The zero-order valence-electron chi connectivity index (χ0n) is 16.3. The molecular formula is C18H13Cl2F3N7OPS. The molecule has 0 unspecified atom stereocenters. The lowest BCUT2D eigenvalue weighted by molar-refractivity contribution is -0.137. The van der Waals surface area contributed by atoms with E-state index in [0.717, 1.165) is 18.6 Å². The van der Waals surface area contributed by atoms with Crippen LogP contribution in [0.3, 0.4) is 0 Å². The fraction of sp³-hybridized carbons (Fsp3) is 0.222. The van der Waals surface area contributed by atoms with Crippen molar-refractivity contribution in [1.29, 1.82) is 0 Å². The van der Waals surface area contributed by atoms with E-state index >= 15 is 0 Å². The summed E-state index contributed by atoms with van der Waals surface area (Å²) in [7, 11) is 3.37. The van der Waals surface area contributed by atoms with Gasteiger partial charge in [0.2, 0.25) is 0 Å². The lowest BCUT2D eigenvalue weighted by Crippen LogP contribution is -2.35. The Morgan fingerprint density at radius 2 is 1.91 bits per heavy atom. The third-order valence-corrected chi connectivity index (χ3v) is 7.18. The van der Waals surface area contributed by atoms with Crippen LogP contribution in [-0.4, -0.2) is 31.3 Å². The van der Waals surface area contributed by atoms with Crippen molar-refractivity contribution in [2.24, 2.45) is 0 Å². The predicted octanol–water partition coefficient (Wildman–Crippen LogP) is 4.39. The van der Waals surface area contributed by atoms with Gasteiger partial charge in [0.1, 0.15) is 28.0 Å². The lowest BCUT2D eigenvalue weighted by atomic mass is 10.2. The molecule has 0 saturated heterocycles. The summed E-state index contributed by atoms with van der Waals surface area (Å²) in [5.74, 6) is -0.585. The van der Waals surface area contributed by atoms with E-state index in [1.54, 1.807) is 0 Å². The maximum atomic E-state index is 13.1. The normalized spacial score (nSPS) is 14.6. The Labute approximate surface area is 201 Å². The molecule has 1 fully saturated rings. The molecule has 3 aromatic heterocycles. The van der Waals surface area contributed by atoms with Crippen LogP contribution in [0.25, 0.3) is 0 Å². The number of rotatable bonds is 6. The number of halogens is 5. The third-order valence-electron chi connectivity index (χ3n) is 4.71. The number of hydrogen-bond acceptors (Lipinski definition) is 7. The van der Waals surface area contributed by atoms with Gasteiger partial charge in [-0.1, -0.05) is 32.1 Å². The van der Waals surface area contributed by atoms with Crippen LogP contribution >= 0.6 is 43.4 Å². The molecule has 0 aliphatic heterocycles. The van der Waals surface area contributed by atoms with E-state index in [1.165, 1.54) is 17.5 Å². The topological polar surface area (TPSA) is 119 Å². The summed E-state index contributed by atoms with van der Waals surface area (Å²) in [6.07, 6.45) is 0.253. The smallest absolute Gasteiger partial charge is 0.382 e. The van der Waals surface area contributed by atoms with Crippen molar-refractivity contribution in [3.63, 3.8) is 0 Å². The van der Waals surface area contributed by atoms with Crippen LogP contribution in [0.1, 0.15) is 38.8 Å². The van der Waals surface area contributed by atoms with Crippen molar-refractivity contribution in [1.82, 2.24) is 25.3 Å². The molecule has 172 valence electrons. The van der Waals surface area contributed by atoms with Crippen LogP contribution in [0, 0.1) is 0 Å². The molecular weight excluding hydrogens is 521 g/mol. The standard InChI is InChI=1S/C18H13Cl2F3N7OPS/c19-8-4-25-10(3-7(8)18(21,22)23)29-15(32)9-5-26-16(33-9)17(1-2-17)30-14(31)12-11(20)13(24)28-6-27-12/h3-6,32H,1-2H2,(H,25,29)(H,30,31)(H2,24,27,28). The second-order valence-electron chi connectivity index (χ2n) is 7.03. The molecule has 0 aromatic carbocycles. The predicted molar refractivity (Wildman–Crippen MR) is 122 cm³/mol. The highest BCUT2D eigenvalue weighted by molar-refractivity contribution is 7.27. The van der Waals surface area contributed by atoms with Gasteiger partial charge in [-0.3, -0.25) is 4.79 Å². The van der Waals surface area contributed by atoms with Gasteiger partial charge in [0.25, 0.3) is 5.91 Å². The van der Waals surface area contributed by atoms with Crippen LogP contribution in [0.5, 0.6) is 0 Å². The second-order valence-corrected chi connectivity index (χ2v) is 9.35. The molecule has 1 amide bonds. The second kappa shape index (κ2) is 8.68. The van der Waals surface area contributed by atoms with Crippen molar-refractivity contribution >= 4 is 66.4 Å². The number of nitrogen functional groups attached to an aromatic ring is 1. The summed E-state index contributed by atoms with van der Waals surface area (Å²) in [5, 5.41) is 5.71. The molecule has 33 heavy (non-hydrogen) atoms. The first-order valence-electron chi connectivity index (χ1n) is 9.13. The maximum absolute atomic E-state index is 13.1. The minimum absolute atomic E-state index is 0.00737. The van der Waals surface area contributed by atoms with Crippen LogP contribution in [0.15, 0.2) is 24.8 Å². The molecule has 1 aliphatic rings.